The SMILES string of the molecule is N#Cc1ccc(CNCc2cc(Br)c(Br)s2)cc1. The predicted octanol–water partition coefficient (Wildman–Crippen LogP) is 4.43. The first-order valence-corrected chi connectivity index (χ1v) is 7.73. The van der Waals surface area contributed by atoms with Crippen LogP contribution in [0.3, 0.4) is 0 Å². The minimum atomic E-state index is 0.699. The van der Waals surface area contributed by atoms with Gasteiger partial charge < -0.3 is 5.32 Å². The summed E-state index contributed by atoms with van der Waals surface area (Å²) in [7, 11) is 0. The number of rotatable bonds is 4. The van der Waals surface area contributed by atoms with Crippen LogP contribution in [0.2, 0.25) is 0 Å². The average molecular weight is 386 g/mol. The van der Waals surface area contributed by atoms with Crippen molar-refractivity contribution in [2.45, 2.75) is 13.1 Å². The van der Waals surface area contributed by atoms with Gasteiger partial charge in [0.05, 0.1) is 15.4 Å². The monoisotopic (exact) mass is 384 g/mol. The normalized spacial score (nSPS) is 10.3. The molecule has 0 saturated heterocycles. The Morgan fingerprint density at radius 3 is 2.44 bits per heavy atom. The van der Waals surface area contributed by atoms with Gasteiger partial charge in [-0.15, -0.1) is 11.3 Å². The van der Waals surface area contributed by atoms with Gasteiger partial charge >= 0.3 is 0 Å². The lowest BCUT2D eigenvalue weighted by molar-refractivity contribution is 0.701. The van der Waals surface area contributed by atoms with Gasteiger partial charge in [0, 0.05) is 22.4 Å². The van der Waals surface area contributed by atoms with E-state index in [2.05, 4.69) is 49.3 Å². The summed E-state index contributed by atoms with van der Waals surface area (Å²) in [6.07, 6.45) is 0. The summed E-state index contributed by atoms with van der Waals surface area (Å²) >= 11 is 8.68. The van der Waals surface area contributed by atoms with E-state index in [9.17, 15) is 0 Å². The second kappa shape index (κ2) is 6.48. The molecule has 2 aromatic rings. The second-order valence-electron chi connectivity index (χ2n) is 3.75. The summed E-state index contributed by atoms with van der Waals surface area (Å²) in [5.41, 5.74) is 1.88. The van der Waals surface area contributed by atoms with Gasteiger partial charge in [-0.05, 0) is 55.6 Å². The van der Waals surface area contributed by atoms with Gasteiger partial charge in [0.2, 0.25) is 0 Å². The predicted molar refractivity (Wildman–Crippen MR) is 81.4 cm³/mol. The average Bonchev–Trinajstić information content (AvgIpc) is 2.69. The van der Waals surface area contributed by atoms with Crippen LogP contribution in [0, 0.1) is 11.3 Å². The zero-order chi connectivity index (χ0) is 13.0. The third-order valence-electron chi connectivity index (χ3n) is 2.41. The number of halogens is 2. The van der Waals surface area contributed by atoms with Crippen LogP contribution >= 0.6 is 43.2 Å². The molecule has 0 unspecified atom stereocenters. The summed E-state index contributed by atoms with van der Waals surface area (Å²) in [6.45, 7) is 1.65. The highest BCUT2D eigenvalue weighted by molar-refractivity contribution is 9.13. The fraction of sp³-hybridized carbons (Fsp3) is 0.154. The highest BCUT2D eigenvalue weighted by Crippen LogP contribution is 2.32. The Hall–Kier alpha value is -0.670. The Labute approximate surface area is 127 Å². The largest absolute Gasteiger partial charge is 0.308 e. The van der Waals surface area contributed by atoms with Crippen LogP contribution < -0.4 is 5.32 Å². The lowest BCUT2D eigenvalue weighted by Gasteiger charge is -2.03. The third-order valence-corrected chi connectivity index (χ3v) is 5.66. The van der Waals surface area contributed by atoms with Gasteiger partial charge in [0.1, 0.15) is 0 Å². The molecule has 0 aliphatic heterocycles. The van der Waals surface area contributed by atoms with Crippen LogP contribution in [0.1, 0.15) is 16.0 Å². The zero-order valence-corrected chi connectivity index (χ0v) is 13.4. The van der Waals surface area contributed by atoms with Crippen molar-refractivity contribution in [2.24, 2.45) is 0 Å². The van der Waals surface area contributed by atoms with Crippen molar-refractivity contribution in [3.63, 3.8) is 0 Å². The number of thiophene rings is 1. The molecule has 18 heavy (non-hydrogen) atoms. The Balaban J connectivity index is 1.86. The van der Waals surface area contributed by atoms with Gasteiger partial charge in [0.25, 0.3) is 0 Å². The van der Waals surface area contributed by atoms with Crippen LogP contribution in [0.15, 0.2) is 38.6 Å². The van der Waals surface area contributed by atoms with Gasteiger partial charge in [-0.3, -0.25) is 0 Å². The van der Waals surface area contributed by atoms with Crippen molar-refractivity contribution in [3.8, 4) is 6.07 Å². The molecule has 0 aliphatic rings. The Morgan fingerprint density at radius 1 is 1.17 bits per heavy atom. The van der Waals surface area contributed by atoms with Crippen molar-refractivity contribution >= 4 is 43.2 Å². The molecule has 0 atom stereocenters. The lowest BCUT2D eigenvalue weighted by atomic mass is 10.1. The Morgan fingerprint density at radius 2 is 1.89 bits per heavy atom. The van der Waals surface area contributed by atoms with E-state index in [4.69, 9.17) is 5.26 Å². The van der Waals surface area contributed by atoms with Crippen molar-refractivity contribution in [2.75, 3.05) is 0 Å². The van der Waals surface area contributed by atoms with Crippen molar-refractivity contribution in [3.05, 3.63) is 54.6 Å². The molecule has 1 N–H and O–H groups in total. The molecule has 0 fully saturated rings. The molecule has 92 valence electrons. The van der Waals surface area contributed by atoms with E-state index in [0.29, 0.717) is 5.56 Å². The molecule has 5 heteroatoms. The van der Waals surface area contributed by atoms with E-state index in [1.165, 1.54) is 10.4 Å². The standard InChI is InChI=1S/C13H10Br2N2S/c14-12-5-11(18-13(12)15)8-17-7-10-3-1-9(6-16)2-4-10/h1-5,17H,7-8H2. The summed E-state index contributed by atoms with van der Waals surface area (Å²) in [6, 6.07) is 11.9. The Bertz CT molecular complexity index is 550. The van der Waals surface area contributed by atoms with E-state index >= 15 is 0 Å². The van der Waals surface area contributed by atoms with E-state index in [-0.39, 0.29) is 0 Å². The van der Waals surface area contributed by atoms with Crippen LogP contribution in [-0.4, -0.2) is 0 Å². The number of nitrogens with one attached hydrogen (secondary N) is 1. The third kappa shape index (κ3) is 3.66. The van der Waals surface area contributed by atoms with E-state index in [1.54, 1.807) is 11.3 Å². The molecule has 0 aliphatic carbocycles. The second-order valence-corrected chi connectivity index (χ2v) is 7.06. The molecule has 2 nitrogen and oxygen atoms in total. The first-order valence-electron chi connectivity index (χ1n) is 5.32. The smallest absolute Gasteiger partial charge is 0.0991 e. The maximum Gasteiger partial charge on any atom is 0.0991 e. The summed E-state index contributed by atoms with van der Waals surface area (Å²) in [5.74, 6) is 0. The number of benzene rings is 1. The lowest BCUT2D eigenvalue weighted by Crippen LogP contribution is -2.11. The minimum absolute atomic E-state index is 0.699. The fourth-order valence-corrected chi connectivity index (χ4v) is 3.65. The van der Waals surface area contributed by atoms with Crippen LogP contribution in [0.5, 0.6) is 0 Å². The summed E-state index contributed by atoms with van der Waals surface area (Å²) in [4.78, 5) is 1.28. The molecule has 0 bridgehead atoms. The highest BCUT2D eigenvalue weighted by Gasteiger charge is 2.03. The van der Waals surface area contributed by atoms with Crippen LogP contribution in [-0.2, 0) is 13.1 Å². The highest BCUT2D eigenvalue weighted by atomic mass is 79.9. The molecule has 1 aromatic heterocycles. The molecular weight excluding hydrogens is 376 g/mol. The van der Waals surface area contributed by atoms with Gasteiger partial charge in [-0.1, -0.05) is 12.1 Å². The van der Waals surface area contributed by atoms with Crippen molar-refractivity contribution < 1.29 is 0 Å². The maximum atomic E-state index is 8.71. The minimum Gasteiger partial charge on any atom is -0.308 e. The molecule has 0 spiro atoms. The Kier molecular flexibility index (Phi) is 4.95. The molecule has 0 saturated carbocycles. The van der Waals surface area contributed by atoms with E-state index in [0.717, 1.165) is 21.3 Å². The molecule has 0 radical (unpaired) electrons. The number of hydrogen-bond donors (Lipinski definition) is 1. The fourth-order valence-electron chi connectivity index (χ4n) is 1.51. The molecular formula is C13H10Br2N2S. The van der Waals surface area contributed by atoms with Crippen LogP contribution in [0.4, 0.5) is 0 Å². The van der Waals surface area contributed by atoms with Crippen molar-refractivity contribution in [1.82, 2.24) is 5.32 Å². The summed E-state index contributed by atoms with van der Waals surface area (Å²) in [5, 5.41) is 12.1. The summed E-state index contributed by atoms with van der Waals surface area (Å²) < 4.78 is 2.22. The topological polar surface area (TPSA) is 35.8 Å². The first-order chi connectivity index (χ1) is 8.69. The van der Waals surface area contributed by atoms with Gasteiger partial charge in [-0.2, -0.15) is 5.26 Å². The number of hydrogen-bond acceptors (Lipinski definition) is 3. The zero-order valence-electron chi connectivity index (χ0n) is 9.41. The van der Waals surface area contributed by atoms with Crippen LogP contribution in [0.25, 0.3) is 0 Å². The molecule has 1 heterocycles. The van der Waals surface area contributed by atoms with E-state index in [1.807, 2.05) is 24.3 Å². The quantitative estimate of drug-likeness (QED) is 0.844. The molecule has 0 amide bonds. The molecule has 1 aromatic carbocycles. The number of nitrogens with zero attached hydrogens (tertiary/aromatic N) is 1. The number of nitriles is 1. The van der Waals surface area contributed by atoms with E-state index < -0.39 is 0 Å². The maximum absolute atomic E-state index is 8.71. The van der Waals surface area contributed by atoms with Gasteiger partial charge in [-0.25, -0.2) is 0 Å². The molecule has 2 rings (SSSR count). The van der Waals surface area contributed by atoms with Gasteiger partial charge in [0.15, 0.2) is 0 Å². The van der Waals surface area contributed by atoms with Crippen molar-refractivity contribution in [1.29, 1.82) is 5.26 Å². The first kappa shape index (κ1) is 13.8.